The predicted molar refractivity (Wildman–Crippen MR) is 150 cm³/mol. The van der Waals surface area contributed by atoms with E-state index in [9.17, 15) is 9.90 Å². The van der Waals surface area contributed by atoms with Gasteiger partial charge in [0.15, 0.2) is 5.76 Å². The van der Waals surface area contributed by atoms with Crippen LogP contribution < -0.4 is 10.1 Å². The molecule has 39 heavy (non-hydrogen) atoms. The number of nitrogens with zero attached hydrogens (tertiary/aromatic N) is 2. The minimum Gasteiger partial charge on any atom is -0.497 e. The zero-order valence-electron chi connectivity index (χ0n) is 21.6. The van der Waals surface area contributed by atoms with Gasteiger partial charge in [-0.25, -0.2) is 4.98 Å². The van der Waals surface area contributed by atoms with Gasteiger partial charge in [0.1, 0.15) is 22.9 Å². The SMILES string of the molecule is COc1ccc(-c2cccc(Nc3c(C)noc3-c3ccccc3-c3ccc(C4(C(=O)O)CC4)cc3)n2)cc1. The topological polar surface area (TPSA) is 97.5 Å². The zero-order chi connectivity index (χ0) is 27.0. The number of carboxylic acids is 1. The number of carbonyl (C=O) groups is 1. The first-order chi connectivity index (χ1) is 19.0. The number of nitrogens with one attached hydrogen (secondary N) is 1. The van der Waals surface area contributed by atoms with Gasteiger partial charge in [-0.3, -0.25) is 4.79 Å². The number of rotatable bonds is 8. The van der Waals surface area contributed by atoms with Crippen molar-refractivity contribution >= 4 is 17.5 Å². The smallest absolute Gasteiger partial charge is 0.314 e. The summed E-state index contributed by atoms with van der Waals surface area (Å²) in [5.74, 6) is 1.31. The molecule has 194 valence electrons. The summed E-state index contributed by atoms with van der Waals surface area (Å²) in [4.78, 5) is 16.6. The molecule has 0 atom stereocenters. The van der Waals surface area contributed by atoms with Crippen LogP contribution in [0.1, 0.15) is 24.1 Å². The summed E-state index contributed by atoms with van der Waals surface area (Å²) in [6.07, 6.45) is 1.36. The van der Waals surface area contributed by atoms with Gasteiger partial charge in [-0.15, -0.1) is 0 Å². The second kappa shape index (κ2) is 9.76. The number of benzene rings is 3. The molecule has 0 amide bonds. The van der Waals surface area contributed by atoms with E-state index in [4.69, 9.17) is 14.2 Å². The van der Waals surface area contributed by atoms with E-state index in [-0.39, 0.29) is 0 Å². The fraction of sp³-hybridized carbons (Fsp3) is 0.156. The molecule has 0 unspecified atom stereocenters. The predicted octanol–water partition coefficient (Wildman–Crippen LogP) is 7.25. The van der Waals surface area contributed by atoms with Crippen LogP contribution in [0.3, 0.4) is 0 Å². The van der Waals surface area contributed by atoms with E-state index in [0.29, 0.717) is 30.1 Å². The number of methoxy groups -OCH3 is 1. The van der Waals surface area contributed by atoms with Gasteiger partial charge in [-0.2, -0.15) is 0 Å². The molecule has 2 aromatic heterocycles. The van der Waals surface area contributed by atoms with Crippen LogP contribution in [0.25, 0.3) is 33.7 Å². The van der Waals surface area contributed by atoms with Crippen LogP contribution >= 0.6 is 0 Å². The average Bonchev–Trinajstić information content (AvgIpc) is 3.72. The Balaban J connectivity index is 1.32. The first-order valence-electron chi connectivity index (χ1n) is 12.8. The van der Waals surface area contributed by atoms with E-state index in [1.165, 1.54) is 0 Å². The number of anilines is 2. The van der Waals surface area contributed by atoms with Crippen LogP contribution in [0.2, 0.25) is 0 Å². The van der Waals surface area contributed by atoms with E-state index < -0.39 is 11.4 Å². The fourth-order valence-electron chi connectivity index (χ4n) is 4.91. The first kappa shape index (κ1) is 24.4. The Hall–Kier alpha value is -4.91. The monoisotopic (exact) mass is 517 g/mol. The molecule has 5 aromatic rings. The van der Waals surface area contributed by atoms with Crippen LogP contribution in [0.5, 0.6) is 5.75 Å². The summed E-state index contributed by atoms with van der Waals surface area (Å²) in [5, 5.41) is 17.3. The number of aromatic nitrogens is 2. The van der Waals surface area contributed by atoms with Crippen LogP contribution in [0, 0.1) is 6.92 Å². The van der Waals surface area contributed by atoms with Gasteiger partial charge in [0.2, 0.25) is 0 Å². The maximum atomic E-state index is 11.8. The third kappa shape index (κ3) is 4.52. The van der Waals surface area contributed by atoms with E-state index in [1.54, 1.807) is 7.11 Å². The molecule has 1 aliphatic rings. The number of aryl methyl sites for hydroxylation is 1. The summed E-state index contributed by atoms with van der Waals surface area (Å²) >= 11 is 0. The molecule has 0 saturated heterocycles. The van der Waals surface area contributed by atoms with Gasteiger partial charge < -0.3 is 19.7 Å². The lowest BCUT2D eigenvalue weighted by Crippen LogP contribution is -2.19. The number of carboxylic acid groups (broad SMARTS) is 1. The number of pyridine rings is 1. The largest absolute Gasteiger partial charge is 0.497 e. The van der Waals surface area contributed by atoms with Gasteiger partial charge in [-0.05, 0) is 72.9 Å². The normalized spacial score (nSPS) is 13.6. The van der Waals surface area contributed by atoms with Crippen LogP contribution in [-0.2, 0) is 10.2 Å². The third-order valence-electron chi connectivity index (χ3n) is 7.33. The maximum absolute atomic E-state index is 11.8. The molecular weight excluding hydrogens is 490 g/mol. The van der Waals surface area contributed by atoms with E-state index in [2.05, 4.69) is 10.5 Å². The number of hydrogen-bond donors (Lipinski definition) is 2. The van der Waals surface area contributed by atoms with Crippen molar-refractivity contribution in [2.24, 2.45) is 0 Å². The minimum atomic E-state index is -0.756. The zero-order valence-corrected chi connectivity index (χ0v) is 21.6. The van der Waals surface area contributed by atoms with E-state index in [0.717, 1.165) is 44.9 Å². The lowest BCUT2D eigenvalue weighted by atomic mass is 9.92. The molecule has 0 aliphatic heterocycles. The van der Waals surface area contributed by atoms with E-state index >= 15 is 0 Å². The first-order valence-corrected chi connectivity index (χ1v) is 12.8. The van der Waals surface area contributed by atoms with Crippen LogP contribution in [0.15, 0.2) is 95.5 Å². The van der Waals surface area contributed by atoms with Crippen LogP contribution in [0.4, 0.5) is 11.5 Å². The number of ether oxygens (including phenoxy) is 1. The van der Waals surface area contributed by atoms with Gasteiger partial charge >= 0.3 is 5.97 Å². The molecule has 0 bridgehead atoms. The molecule has 3 aromatic carbocycles. The Labute approximate surface area is 226 Å². The van der Waals surface area contributed by atoms with Crippen LogP contribution in [-0.4, -0.2) is 28.3 Å². The molecule has 7 heteroatoms. The standard InChI is InChI=1S/C32H27N3O4/c1-20-29(34-28-9-5-8-27(33-28)22-12-16-24(38-2)17-13-22)30(39-35-20)26-7-4-3-6-25(26)21-10-14-23(15-11-21)32(18-19-32)31(36)37/h3-17H,18-19H2,1-2H3,(H,33,34)(H,36,37). The highest BCUT2D eigenvalue weighted by Crippen LogP contribution is 2.49. The summed E-state index contributed by atoms with van der Waals surface area (Å²) in [7, 11) is 1.65. The number of aliphatic carboxylic acids is 1. The molecular formula is C32H27N3O4. The van der Waals surface area contributed by atoms with Crippen molar-refractivity contribution in [2.75, 3.05) is 12.4 Å². The van der Waals surface area contributed by atoms with Gasteiger partial charge in [-0.1, -0.05) is 59.8 Å². The van der Waals surface area contributed by atoms with Crippen molar-refractivity contribution in [3.8, 4) is 39.5 Å². The van der Waals surface area contributed by atoms with E-state index in [1.807, 2.05) is 97.9 Å². The molecule has 0 spiro atoms. The Morgan fingerprint density at radius 1 is 0.897 bits per heavy atom. The number of hydrogen-bond acceptors (Lipinski definition) is 6. The van der Waals surface area contributed by atoms with Crippen molar-refractivity contribution in [3.05, 3.63) is 102 Å². The van der Waals surface area contributed by atoms with Crippen molar-refractivity contribution in [2.45, 2.75) is 25.2 Å². The Kier molecular flexibility index (Phi) is 6.11. The van der Waals surface area contributed by atoms with Gasteiger partial charge in [0, 0.05) is 11.1 Å². The third-order valence-corrected chi connectivity index (χ3v) is 7.33. The minimum absolute atomic E-state index is 0.605. The van der Waals surface area contributed by atoms with Crippen molar-refractivity contribution in [3.63, 3.8) is 0 Å². The second-order valence-corrected chi connectivity index (χ2v) is 9.74. The fourth-order valence-corrected chi connectivity index (χ4v) is 4.91. The second-order valence-electron chi connectivity index (χ2n) is 9.74. The molecule has 0 radical (unpaired) electrons. The summed E-state index contributed by atoms with van der Waals surface area (Å²) in [5.41, 5.74) is 6.17. The summed E-state index contributed by atoms with van der Waals surface area (Å²) in [6.45, 7) is 1.89. The molecule has 1 saturated carbocycles. The molecule has 1 fully saturated rings. The molecule has 2 N–H and O–H groups in total. The molecule has 2 heterocycles. The molecule has 1 aliphatic carbocycles. The highest BCUT2D eigenvalue weighted by Gasteiger charge is 2.51. The van der Waals surface area contributed by atoms with Crippen molar-refractivity contribution < 1.29 is 19.2 Å². The molecule has 7 nitrogen and oxygen atoms in total. The Bertz CT molecular complexity index is 1650. The lowest BCUT2D eigenvalue weighted by molar-refractivity contribution is -0.140. The Morgan fingerprint density at radius 3 is 2.26 bits per heavy atom. The van der Waals surface area contributed by atoms with Crippen molar-refractivity contribution in [1.29, 1.82) is 0 Å². The van der Waals surface area contributed by atoms with Gasteiger partial charge in [0.05, 0.1) is 18.2 Å². The summed E-state index contributed by atoms with van der Waals surface area (Å²) < 4.78 is 11.1. The van der Waals surface area contributed by atoms with Gasteiger partial charge in [0.25, 0.3) is 0 Å². The Morgan fingerprint density at radius 2 is 1.59 bits per heavy atom. The lowest BCUT2D eigenvalue weighted by Gasteiger charge is -2.13. The quantitative estimate of drug-likeness (QED) is 0.224. The maximum Gasteiger partial charge on any atom is 0.314 e. The molecule has 6 rings (SSSR count). The summed E-state index contributed by atoms with van der Waals surface area (Å²) in [6, 6.07) is 29.4. The average molecular weight is 518 g/mol. The van der Waals surface area contributed by atoms with Crippen molar-refractivity contribution in [1.82, 2.24) is 10.1 Å². The highest BCUT2D eigenvalue weighted by atomic mass is 16.5. The highest BCUT2D eigenvalue weighted by molar-refractivity contribution is 5.89.